The molecule has 0 bridgehead atoms. The van der Waals surface area contributed by atoms with E-state index in [2.05, 4.69) is 10.3 Å². The topological polar surface area (TPSA) is 104 Å². The van der Waals surface area contributed by atoms with Crippen LogP contribution in [-0.4, -0.2) is 33.7 Å². The van der Waals surface area contributed by atoms with Gasteiger partial charge in [0.15, 0.2) is 0 Å². The summed E-state index contributed by atoms with van der Waals surface area (Å²) in [5.74, 6) is 0.0473. The Hall–Kier alpha value is -2.38. The van der Waals surface area contributed by atoms with Gasteiger partial charge in [-0.25, -0.2) is 9.78 Å². The van der Waals surface area contributed by atoms with Gasteiger partial charge in [0.25, 0.3) is 5.88 Å². The summed E-state index contributed by atoms with van der Waals surface area (Å²) in [6, 6.07) is 2.91. The van der Waals surface area contributed by atoms with Gasteiger partial charge in [-0.05, 0) is 52.5 Å². The fourth-order valence-electron chi connectivity index (χ4n) is 2.57. The number of alkyl carbamates (subject to hydrolysis) is 1. The van der Waals surface area contributed by atoms with E-state index >= 15 is 0 Å². The number of nitrogens with one attached hydrogen (secondary N) is 1. The minimum Gasteiger partial charge on any atom is -0.469 e. The van der Waals surface area contributed by atoms with E-state index in [0.717, 1.165) is 12.8 Å². The summed E-state index contributed by atoms with van der Waals surface area (Å²) in [6.07, 6.45) is 3.73. The molecule has 0 unspecified atom stereocenters. The van der Waals surface area contributed by atoms with Gasteiger partial charge in [0, 0.05) is 18.3 Å². The fourth-order valence-corrected chi connectivity index (χ4v) is 2.57. The molecule has 1 aromatic heterocycles. The van der Waals surface area contributed by atoms with E-state index in [1.165, 1.54) is 18.3 Å². The molecule has 0 radical (unpaired) electrons. The van der Waals surface area contributed by atoms with Crippen LogP contribution in [0.15, 0.2) is 18.3 Å². The SMILES string of the molecule is CC(C)(C)OC(=O)NC1CCC(Oc2ncccc2[N+](=O)[O-])CC1. The Bertz CT molecular complexity index is 592. The molecule has 1 fully saturated rings. The molecule has 0 atom stereocenters. The summed E-state index contributed by atoms with van der Waals surface area (Å²) in [5.41, 5.74) is -0.658. The van der Waals surface area contributed by atoms with Crippen molar-refractivity contribution < 1.29 is 19.2 Å². The van der Waals surface area contributed by atoms with Crippen LogP contribution in [0.2, 0.25) is 0 Å². The number of carbonyl (C=O) groups excluding carboxylic acids is 1. The molecule has 8 heteroatoms. The van der Waals surface area contributed by atoms with Gasteiger partial charge in [-0.3, -0.25) is 10.1 Å². The number of aromatic nitrogens is 1. The molecular formula is C16H23N3O5. The average Bonchev–Trinajstić information content (AvgIpc) is 2.47. The lowest BCUT2D eigenvalue weighted by Gasteiger charge is -2.30. The van der Waals surface area contributed by atoms with Crippen LogP contribution in [0.25, 0.3) is 0 Å². The number of carbonyl (C=O) groups is 1. The first-order valence-corrected chi connectivity index (χ1v) is 8.00. The maximum absolute atomic E-state index is 11.8. The van der Waals surface area contributed by atoms with Crippen molar-refractivity contribution in [3.63, 3.8) is 0 Å². The maximum Gasteiger partial charge on any atom is 0.407 e. The van der Waals surface area contributed by atoms with Crippen molar-refractivity contribution in [3.05, 3.63) is 28.4 Å². The second-order valence-corrected chi connectivity index (χ2v) is 6.82. The van der Waals surface area contributed by atoms with Crippen molar-refractivity contribution in [2.24, 2.45) is 0 Å². The molecule has 1 aromatic rings. The first-order chi connectivity index (χ1) is 11.2. The van der Waals surface area contributed by atoms with Gasteiger partial charge < -0.3 is 14.8 Å². The Morgan fingerprint density at radius 2 is 2.00 bits per heavy atom. The smallest absolute Gasteiger partial charge is 0.407 e. The first-order valence-electron chi connectivity index (χ1n) is 8.00. The van der Waals surface area contributed by atoms with Crippen molar-refractivity contribution in [2.75, 3.05) is 0 Å². The lowest BCUT2D eigenvalue weighted by molar-refractivity contribution is -0.386. The lowest BCUT2D eigenvalue weighted by Crippen LogP contribution is -2.42. The minimum atomic E-state index is -0.525. The van der Waals surface area contributed by atoms with Crippen LogP contribution < -0.4 is 10.1 Å². The molecule has 1 saturated carbocycles. The Balaban J connectivity index is 1.83. The van der Waals surface area contributed by atoms with Crippen LogP contribution >= 0.6 is 0 Å². The number of pyridine rings is 1. The molecule has 1 aliphatic carbocycles. The van der Waals surface area contributed by atoms with Crippen LogP contribution in [0.3, 0.4) is 0 Å². The third-order valence-electron chi connectivity index (χ3n) is 3.62. The third-order valence-corrected chi connectivity index (χ3v) is 3.62. The quantitative estimate of drug-likeness (QED) is 0.668. The standard InChI is InChI=1S/C16H23N3O5/c1-16(2,3)24-15(20)18-11-6-8-12(9-7-11)23-14-13(19(21)22)5-4-10-17-14/h4-5,10-12H,6-9H2,1-3H3,(H,18,20). The first kappa shape index (κ1) is 18.0. The van der Waals surface area contributed by atoms with Gasteiger partial charge in [0.2, 0.25) is 0 Å². The summed E-state index contributed by atoms with van der Waals surface area (Å²) in [4.78, 5) is 26.2. The van der Waals surface area contributed by atoms with Crippen molar-refractivity contribution in [1.82, 2.24) is 10.3 Å². The van der Waals surface area contributed by atoms with Gasteiger partial charge >= 0.3 is 11.8 Å². The van der Waals surface area contributed by atoms with Crippen molar-refractivity contribution in [3.8, 4) is 5.88 Å². The molecule has 0 aromatic carbocycles. The highest BCUT2D eigenvalue weighted by molar-refractivity contribution is 5.68. The Morgan fingerprint density at radius 3 is 2.58 bits per heavy atom. The Kier molecular flexibility index (Phi) is 5.58. The molecule has 1 heterocycles. The van der Waals surface area contributed by atoms with Gasteiger partial charge in [-0.2, -0.15) is 0 Å². The monoisotopic (exact) mass is 337 g/mol. The molecule has 2 rings (SSSR count). The highest BCUT2D eigenvalue weighted by Gasteiger charge is 2.27. The number of ether oxygens (including phenoxy) is 2. The van der Waals surface area contributed by atoms with Gasteiger partial charge in [0.1, 0.15) is 11.7 Å². The molecular weight excluding hydrogens is 314 g/mol. The number of amides is 1. The summed E-state index contributed by atoms with van der Waals surface area (Å²) in [7, 11) is 0. The number of hydrogen-bond acceptors (Lipinski definition) is 6. The lowest BCUT2D eigenvalue weighted by atomic mass is 9.93. The van der Waals surface area contributed by atoms with Crippen LogP contribution in [0.1, 0.15) is 46.5 Å². The molecule has 1 N–H and O–H groups in total. The van der Waals surface area contributed by atoms with Gasteiger partial charge in [-0.15, -0.1) is 0 Å². The predicted molar refractivity (Wildman–Crippen MR) is 86.9 cm³/mol. The van der Waals surface area contributed by atoms with Crippen LogP contribution in [-0.2, 0) is 4.74 Å². The predicted octanol–water partition coefficient (Wildman–Crippen LogP) is 3.20. The Morgan fingerprint density at radius 1 is 1.33 bits per heavy atom. The van der Waals surface area contributed by atoms with E-state index < -0.39 is 16.6 Å². The molecule has 0 saturated heterocycles. The summed E-state index contributed by atoms with van der Waals surface area (Å²) in [6.45, 7) is 5.45. The van der Waals surface area contributed by atoms with E-state index in [-0.39, 0.29) is 23.7 Å². The molecule has 24 heavy (non-hydrogen) atoms. The largest absolute Gasteiger partial charge is 0.469 e. The number of hydrogen-bond donors (Lipinski definition) is 1. The molecule has 8 nitrogen and oxygen atoms in total. The fraction of sp³-hybridized carbons (Fsp3) is 0.625. The van der Waals surface area contributed by atoms with Crippen molar-refractivity contribution >= 4 is 11.8 Å². The van der Waals surface area contributed by atoms with Crippen molar-refractivity contribution in [1.29, 1.82) is 0 Å². The van der Waals surface area contributed by atoms with E-state index in [1.807, 2.05) is 20.8 Å². The highest BCUT2D eigenvalue weighted by Crippen LogP contribution is 2.28. The number of rotatable bonds is 4. The van der Waals surface area contributed by atoms with E-state index in [4.69, 9.17) is 9.47 Å². The molecule has 0 aliphatic heterocycles. The van der Waals surface area contributed by atoms with E-state index in [0.29, 0.717) is 12.8 Å². The third kappa shape index (κ3) is 5.36. The van der Waals surface area contributed by atoms with Crippen LogP contribution in [0, 0.1) is 10.1 Å². The molecule has 1 aliphatic rings. The van der Waals surface area contributed by atoms with Crippen LogP contribution in [0.4, 0.5) is 10.5 Å². The van der Waals surface area contributed by atoms with Gasteiger partial charge in [-0.1, -0.05) is 0 Å². The highest BCUT2D eigenvalue weighted by atomic mass is 16.6. The zero-order chi connectivity index (χ0) is 17.7. The summed E-state index contributed by atoms with van der Waals surface area (Å²) in [5, 5.41) is 13.8. The average molecular weight is 337 g/mol. The summed E-state index contributed by atoms with van der Waals surface area (Å²) >= 11 is 0. The van der Waals surface area contributed by atoms with Crippen LogP contribution in [0.5, 0.6) is 5.88 Å². The van der Waals surface area contributed by atoms with Crippen molar-refractivity contribution in [2.45, 2.75) is 64.2 Å². The maximum atomic E-state index is 11.8. The zero-order valence-corrected chi connectivity index (χ0v) is 14.2. The molecule has 1 amide bonds. The van der Waals surface area contributed by atoms with E-state index in [9.17, 15) is 14.9 Å². The molecule has 0 spiro atoms. The number of nitro groups is 1. The Labute approximate surface area is 140 Å². The molecule has 132 valence electrons. The summed E-state index contributed by atoms with van der Waals surface area (Å²) < 4.78 is 10.9. The second kappa shape index (κ2) is 7.46. The van der Waals surface area contributed by atoms with Gasteiger partial charge in [0.05, 0.1) is 4.92 Å². The second-order valence-electron chi connectivity index (χ2n) is 6.82. The minimum absolute atomic E-state index is 0.0263. The zero-order valence-electron chi connectivity index (χ0n) is 14.2. The van der Waals surface area contributed by atoms with E-state index in [1.54, 1.807) is 0 Å². The normalized spacial score (nSPS) is 21.0. The number of nitrogens with zero attached hydrogens (tertiary/aromatic N) is 2.